The van der Waals surface area contributed by atoms with Gasteiger partial charge in [0.1, 0.15) is 5.75 Å². The molecule has 3 heterocycles. The molecule has 2 aromatic heterocycles. The monoisotopic (exact) mass is 415 g/mol. The molecule has 0 saturated carbocycles. The van der Waals surface area contributed by atoms with Gasteiger partial charge >= 0.3 is 0 Å². The molecule has 0 spiro atoms. The van der Waals surface area contributed by atoms with Gasteiger partial charge in [0.25, 0.3) is 5.91 Å². The number of aromatic nitrogens is 1. The fourth-order valence-corrected chi connectivity index (χ4v) is 4.26. The maximum atomic E-state index is 13.2. The van der Waals surface area contributed by atoms with Gasteiger partial charge in [0, 0.05) is 48.2 Å². The maximum absolute atomic E-state index is 13.2. The third-order valence-electron chi connectivity index (χ3n) is 6.00. The van der Waals surface area contributed by atoms with Crippen molar-refractivity contribution in [3.05, 3.63) is 65.9 Å². The zero-order chi connectivity index (χ0) is 21.5. The van der Waals surface area contributed by atoms with Gasteiger partial charge in [-0.25, -0.2) is 4.98 Å². The SMILES string of the molecule is COc1ccc2cc3cc(C(=O)N4CCN(c5ccc(C)cc5)[C@H](C)C4)oc3nc2c1. The van der Waals surface area contributed by atoms with Crippen LogP contribution in [0.3, 0.4) is 0 Å². The number of nitrogens with zero attached hydrogens (tertiary/aromatic N) is 3. The second-order valence-electron chi connectivity index (χ2n) is 8.18. The van der Waals surface area contributed by atoms with Crippen LogP contribution in [-0.4, -0.2) is 48.6 Å². The Morgan fingerprint density at radius 2 is 1.87 bits per heavy atom. The fraction of sp³-hybridized carbons (Fsp3) is 0.280. The van der Waals surface area contributed by atoms with Gasteiger partial charge in [0.05, 0.1) is 12.6 Å². The molecule has 0 aliphatic carbocycles. The van der Waals surface area contributed by atoms with E-state index in [0.717, 1.165) is 28.6 Å². The number of amides is 1. The van der Waals surface area contributed by atoms with E-state index < -0.39 is 0 Å². The van der Waals surface area contributed by atoms with Crippen molar-refractivity contribution in [1.29, 1.82) is 0 Å². The molecule has 1 atom stereocenters. The number of anilines is 1. The molecule has 2 aromatic carbocycles. The van der Waals surface area contributed by atoms with E-state index in [-0.39, 0.29) is 11.9 Å². The van der Waals surface area contributed by atoms with Crippen molar-refractivity contribution in [3.8, 4) is 5.75 Å². The lowest BCUT2D eigenvalue weighted by Crippen LogP contribution is -2.53. The smallest absolute Gasteiger partial charge is 0.289 e. The van der Waals surface area contributed by atoms with E-state index in [0.29, 0.717) is 24.6 Å². The van der Waals surface area contributed by atoms with Crippen LogP contribution in [0.4, 0.5) is 5.69 Å². The van der Waals surface area contributed by atoms with Crippen LogP contribution in [-0.2, 0) is 0 Å². The van der Waals surface area contributed by atoms with Gasteiger partial charge in [-0.15, -0.1) is 0 Å². The minimum atomic E-state index is -0.0879. The summed E-state index contributed by atoms with van der Waals surface area (Å²) in [7, 11) is 1.63. The number of pyridine rings is 1. The van der Waals surface area contributed by atoms with Crippen molar-refractivity contribution >= 4 is 33.6 Å². The fourth-order valence-electron chi connectivity index (χ4n) is 4.26. The van der Waals surface area contributed by atoms with Crippen molar-refractivity contribution in [3.63, 3.8) is 0 Å². The molecule has 1 aliphatic rings. The summed E-state index contributed by atoms with van der Waals surface area (Å²) < 4.78 is 11.1. The summed E-state index contributed by atoms with van der Waals surface area (Å²) in [4.78, 5) is 22.0. The number of piperazine rings is 1. The van der Waals surface area contributed by atoms with E-state index in [1.165, 1.54) is 11.3 Å². The van der Waals surface area contributed by atoms with Gasteiger partial charge < -0.3 is 19.0 Å². The summed E-state index contributed by atoms with van der Waals surface area (Å²) in [5, 5.41) is 1.81. The van der Waals surface area contributed by atoms with Crippen LogP contribution >= 0.6 is 0 Å². The number of furan rings is 1. The minimum absolute atomic E-state index is 0.0879. The maximum Gasteiger partial charge on any atom is 0.289 e. The normalized spacial score (nSPS) is 16.8. The van der Waals surface area contributed by atoms with Crippen LogP contribution in [0.25, 0.3) is 22.0 Å². The highest BCUT2D eigenvalue weighted by Crippen LogP contribution is 2.27. The van der Waals surface area contributed by atoms with Crippen LogP contribution in [0.15, 0.2) is 59.0 Å². The lowest BCUT2D eigenvalue weighted by molar-refractivity contribution is 0.0696. The average molecular weight is 415 g/mol. The quantitative estimate of drug-likeness (QED) is 0.488. The number of methoxy groups -OCH3 is 1. The summed E-state index contributed by atoms with van der Waals surface area (Å²) in [6, 6.07) is 18.3. The molecule has 0 unspecified atom stereocenters. The Hall–Kier alpha value is -3.54. The van der Waals surface area contributed by atoms with Crippen molar-refractivity contribution in [1.82, 2.24) is 9.88 Å². The van der Waals surface area contributed by atoms with Crippen molar-refractivity contribution in [2.24, 2.45) is 0 Å². The average Bonchev–Trinajstić information content (AvgIpc) is 3.20. The molecule has 31 heavy (non-hydrogen) atoms. The van der Waals surface area contributed by atoms with Crippen molar-refractivity contribution in [2.75, 3.05) is 31.6 Å². The zero-order valence-electron chi connectivity index (χ0n) is 18.0. The minimum Gasteiger partial charge on any atom is -0.497 e. The van der Waals surface area contributed by atoms with Gasteiger partial charge in [-0.05, 0) is 50.2 Å². The van der Waals surface area contributed by atoms with Crippen LogP contribution in [0, 0.1) is 6.92 Å². The molecule has 0 N–H and O–H groups in total. The first kappa shape index (κ1) is 19.4. The third kappa shape index (κ3) is 3.58. The van der Waals surface area contributed by atoms with E-state index in [1.54, 1.807) is 13.2 Å². The molecule has 0 radical (unpaired) electrons. The molecule has 1 aliphatic heterocycles. The van der Waals surface area contributed by atoms with Gasteiger partial charge in [-0.3, -0.25) is 4.79 Å². The summed E-state index contributed by atoms with van der Waals surface area (Å²) in [6.45, 7) is 6.33. The van der Waals surface area contributed by atoms with Crippen molar-refractivity contribution in [2.45, 2.75) is 19.9 Å². The summed E-state index contributed by atoms with van der Waals surface area (Å²) in [5.41, 5.74) is 3.69. The summed E-state index contributed by atoms with van der Waals surface area (Å²) >= 11 is 0. The number of fused-ring (bicyclic) bond motifs is 2. The van der Waals surface area contributed by atoms with E-state index >= 15 is 0 Å². The molecule has 1 amide bonds. The molecule has 158 valence electrons. The number of hydrogen-bond acceptors (Lipinski definition) is 5. The second-order valence-corrected chi connectivity index (χ2v) is 8.18. The largest absolute Gasteiger partial charge is 0.497 e. The number of aryl methyl sites for hydroxylation is 1. The lowest BCUT2D eigenvalue weighted by atomic mass is 10.1. The van der Waals surface area contributed by atoms with E-state index in [4.69, 9.17) is 9.15 Å². The second kappa shape index (κ2) is 7.61. The molecule has 1 saturated heterocycles. The lowest BCUT2D eigenvalue weighted by Gasteiger charge is -2.41. The first-order valence-corrected chi connectivity index (χ1v) is 10.5. The van der Waals surface area contributed by atoms with Gasteiger partial charge in [0.2, 0.25) is 5.71 Å². The number of carbonyl (C=O) groups excluding carboxylic acids is 1. The van der Waals surface area contributed by atoms with Crippen molar-refractivity contribution < 1.29 is 13.9 Å². The summed E-state index contributed by atoms with van der Waals surface area (Å²) in [6.07, 6.45) is 0. The highest BCUT2D eigenvalue weighted by molar-refractivity contribution is 5.98. The summed E-state index contributed by atoms with van der Waals surface area (Å²) in [5.74, 6) is 0.985. The Balaban J connectivity index is 1.37. The molecule has 4 aromatic rings. The van der Waals surface area contributed by atoms with Gasteiger partial charge in [-0.2, -0.15) is 0 Å². The standard InChI is InChI=1S/C25H25N3O3/c1-16-4-7-20(8-5-16)28-11-10-27(15-17(28)2)25(29)23-13-19-12-18-6-9-21(30-3)14-22(18)26-24(19)31-23/h4-9,12-14,17H,10-11,15H2,1-3H3/t17-/m1/s1. The predicted octanol–water partition coefficient (Wildman–Crippen LogP) is 4.65. The highest BCUT2D eigenvalue weighted by Gasteiger charge is 2.29. The number of hydrogen-bond donors (Lipinski definition) is 0. The van der Waals surface area contributed by atoms with E-state index in [2.05, 4.69) is 48.0 Å². The third-order valence-corrected chi connectivity index (χ3v) is 6.00. The Labute approximate surface area is 181 Å². The predicted molar refractivity (Wildman–Crippen MR) is 122 cm³/mol. The van der Waals surface area contributed by atoms with Crippen LogP contribution in [0.5, 0.6) is 5.75 Å². The Kier molecular flexibility index (Phi) is 4.77. The molecule has 5 rings (SSSR count). The Morgan fingerprint density at radius 3 is 2.61 bits per heavy atom. The zero-order valence-corrected chi connectivity index (χ0v) is 18.0. The number of benzene rings is 2. The number of ether oxygens (including phenoxy) is 1. The topological polar surface area (TPSA) is 58.8 Å². The number of carbonyl (C=O) groups is 1. The molecular weight excluding hydrogens is 390 g/mol. The Bertz CT molecular complexity index is 1260. The van der Waals surface area contributed by atoms with Crippen LogP contribution in [0.2, 0.25) is 0 Å². The van der Waals surface area contributed by atoms with E-state index in [1.807, 2.05) is 29.2 Å². The highest BCUT2D eigenvalue weighted by atomic mass is 16.5. The Morgan fingerprint density at radius 1 is 1.06 bits per heavy atom. The first-order chi connectivity index (χ1) is 15.0. The first-order valence-electron chi connectivity index (χ1n) is 10.5. The molecule has 6 nitrogen and oxygen atoms in total. The molecule has 1 fully saturated rings. The van der Waals surface area contributed by atoms with Crippen LogP contribution < -0.4 is 9.64 Å². The number of rotatable bonds is 3. The van der Waals surface area contributed by atoms with E-state index in [9.17, 15) is 4.79 Å². The molecule has 0 bridgehead atoms. The van der Waals surface area contributed by atoms with Crippen LogP contribution in [0.1, 0.15) is 23.0 Å². The molecule has 6 heteroatoms. The molecular formula is C25H25N3O3. The van der Waals surface area contributed by atoms with Gasteiger partial charge in [-0.1, -0.05) is 17.7 Å². The van der Waals surface area contributed by atoms with Gasteiger partial charge in [0.15, 0.2) is 5.76 Å².